The van der Waals surface area contributed by atoms with Gasteiger partial charge in [-0.1, -0.05) is 12.2 Å². The van der Waals surface area contributed by atoms with Crippen molar-refractivity contribution in [2.75, 3.05) is 13.7 Å². The zero-order chi connectivity index (χ0) is 16.5. The standard InChI is InChI=1S/C18H28O4/c1-12-9-18(11-22-16(20)17(2,3)4)10-13(12)6-7-14(18)8-15(19)21-5/h13-14H,1,6-11H2,2-5H3/t13-,14+,18+/m1/s1. The van der Waals surface area contributed by atoms with Crippen molar-refractivity contribution >= 4 is 11.9 Å². The van der Waals surface area contributed by atoms with Crippen LogP contribution in [0.2, 0.25) is 0 Å². The summed E-state index contributed by atoms with van der Waals surface area (Å²) >= 11 is 0. The summed E-state index contributed by atoms with van der Waals surface area (Å²) in [6.07, 6.45) is 4.30. The van der Waals surface area contributed by atoms with Crippen LogP contribution in [-0.4, -0.2) is 25.7 Å². The highest BCUT2D eigenvalue weighted by atomic mass is 16.5. The fourth-order valence-electron chi connectivity index (χ4n) is 3.89. The van der Waals surface area contributed by atoms with Crippen molar-refractivity contribution in [1.29, 1.82) is 0 Å². The number of carbonyl (C=O) groups excluding carboxylic acids is 2. The Morgan fingerprint density at radius 2 is 2.00 bits per heavy atom. The second kappa shape index (κ2) is 6.05. The van der Waals surface area contributed by atoms with Crippen molar-refractivity contribution < 1.29 is 19.1 Å². The molecule has 0 heterocycles. The quantitative estimate of drug-likeness (QED) is 0.589. The van der Waals surface area contributed by atoms with Gasteiger partial charge >= 0.3 is 11.9 Å². The molecule has 0 amide bonds. The third-order valence-electron chi connectivity index (χ3n) is 5.28. The average molecular weight is 308 g/mol. The molecule has 124 valence electrons. The van der Waals surface area contributed by atoms with Gasteiger partial charge in [0.05, 0.1) is 19.1 Å². The molecule has 22 heavy (non-hydrogen) atoms. The summed E-state index contributed by atoms with van der Waals surface area (Å²) in [5.74, 6) is 0.367. The molecule has 0 N–H and O–H groups in total. The zero-order valence-corrected chi connectivity index (χ0v) is 14.2. The van der Waals surface area contributed by atoms with E-state index in [1.807, 2.05) is 20.8 Å². The minimum Gasteiger partial charge on any atom is -0.469 e. The number of ether oxygens (including phenoxy) is 2. The van der Waals surface area contributed by atoms with Crippen LogP contribution in [0.5, 0.6) is 0 Å². The first-order valence-corrected chi connectivity index (χ1v) is 8.10. The Labute approximate surface area is 133 Å². The molecule has 2 rings (SSSR count). The van der Waals surface area contributed by atoms with E-state index in [0.29, 0.717) is 18.9 Å². The van der Waals surface area contributed by atoms with E-state index >= 15 is 0 Å². The summed E-state index contributed by atoms with van der Waals surface area (Å²) in [6.45, 7) is 10.2. The molecule has 0 radical (unpaired) electrons. The van der Waals surface area contributed by atoms with Gasteiger partial charge < -0.3 is 9.47 Å². The van der Waals surface area contributed by atoms with E-state index in [2.05, 4.69) is 6.58 Å². The molecule has 0 spiro atoms. The normalized spacial score (nSPS) is 31.0. The minimum atomic E-state index is -0.502. The first kappa shape index (κ1) is 17.0. The topological polar surface area (TPSA) is 52.6 Å². The van der Waals surface area contributed by atoms with Crippen LogP contribution in [0.25, 0.3) is 0 Å². The third-order valence-corrected chi connectivity index (χ3v) is 5.28. The maximum absolute atomic E-state index is 12.1. The highest BCUT2D eigenvalue weighted by molar-refractivity contribution is 5.75. The highest BCUT2D eigenvalue weighted by Crippen LogP contribution is 2.57. The van der Waals surface area contributed by atoms with Gasteiger partial charge in [-0.2, -0.15) is 0 Å². The monoisotopic (exact) mass is 308 g/mol. The minimum absolute atomic E-state index is 0.130. The molecule has 0 aromatic carbocycles. The summed E-state index contributed by atoms with van der Waals surface area (Å²) in [4.78, 5) is 23.8. The van der Waals surface area contributed by atoms with Crippen molar-refractivity contribution in [2.24, 2.45) is 22.7 Å². The van der Waals surface area contributed by atoms with Crippen molar-refractivity contribution in [3.63, 3.8) is 0 Å². The van der Waals surface area contributed by atoms with E-state index in [-0.39, 0.29) is 23.3 Å². The first-order chi connectivity index (χ1) is 10.2. The molecule has 2 aliphatic carbocycles. The molecule has 0 saturated heterocycles. The van der Waals surface area contributed by atoms with Gasteiger partial charge in [-0.15, -0.1) is 0 Å². The molecule has 0 unspecified atom stereocenters. The van der Waals surface area contributed by atoms with Crippen LogP contribution < -0.4 is 0 Å². The SMILES string of the molecule is C=C1C[C@@]2(COC(=O)C(C)(C)C)C[C@H]1CC[C@H]2CC(=O)OC. The van der Waals surface area contributed by atoms with Crippen LogP contribution in [0.15, 0.2) is 12.2 Å². The third kappa shape index (κ3) is 3.36. The van der Waals surface area contributed by atoms with Crippen LogP contribution >= 0.6 is 0 Å². The number of carbonyl (C=O) groups is 2. The van der Waals surface area contributed by atoms with Crippen molar-refractivity contribution in [1.82, 2.24) is 0 Å². The summed E-state index contributed by atoms with van der Waals surface area (Å²) in [5, 5.41) is 0. The smallest absolute Gasteiger partial charge is 0.311 e. The molecule has 2 bridgehead atoms. The van der Waals surface area contributed by atoms with Crippen molar-refractivity contribution in [2.45, 2.75) is 52.9 Å². The Balaban J connectivity index is 2.12. The van der Waals surface area contributed by atoms with Crippen LogP contribution in [0.3, 0.4) is 0 Å². The maximum Gasteiger partial charge on any atom is 0.311 e. The van der Waals surface area contributed by atoms with E-state index in [1.165, 1.54) is 12.7 Å². The van der Waals surface area contributed by atoms with Crippen LogP contribution in [0, 0.1) is 22.7 Å². The number of esters is 2. The number of hydrogen-bond donors (Lipinski definition) is 0. The summed E-state index contributed by atoms with van der Waals surface area (Å²) in [6, 6.07) is 0. The van der Waals surface area contributed by atoms with Crippen molar-refractivity contribution in [3.8, 4) is 0 Å². The van der Waals surface area contributed by atoms with Gasteiger partial charge in [0.15, 0.2) is 0 Å². The number of methoxy groups -OCH3 is 1. The Morgan fingerprint density at radius 3 is 2.59 bits per heavy atom. The van der Waals surface area contributed by atoms with Gasteiger partial charge in [0.2, 0.25) is 0 Å². The molecule has 3 atom stereocenters. The van der Waals surface area contributed by atoms with E-state index in [4.69, 9.17) is 9.47 Å². The van der Waals surface area contributed by atoms with Gasteiger partial charge in [-0.25, -0.2) is 0 Å². The second-order valence-corrected chi connectivity index (χ2v) is 7.98. The number of rotatable bonds is 4. The Bertz CT molecular complexity index is 474. The predicted molar refractivity (Wildman–Crippen MR) is 84.1 cm³/mol. The molecule has 0 aromatic heterocycles. The molecule has 2 aliphatic rings. The van der Waals surface area contributed by atoms with E-state index in [0.717, 1.165) is 25.7 Å². The van der Waals surface area contributed by atoms with Gasteiger partial charge in [0, 0.05) is 11.8 Å². The van der Waals surface area contributed by atoms with Gasteiger partial charge in [0.1, 0.15) is 0 Å². The summed E-state index contributed by atoms with van der Waals surface area (Å²) < 4.78 is 10.5. The maximum atomic E-state index is 12.1. The predicted octanol–water partition coefficient (Wildman–Crippen LogP) is 3.50. The van der Waals surface area contributed by atoms with E-state index in [1.54, 1.807) is 0 Å². The fraction of sp³-hybridized carbons (Fsp3) is 0.778. The molecule has 4 heteroatoms. The van der Waals surface area contributed by atoms with Crippen LogP contribution in [0.1, 0.15) is 52.9 Å². The van der Waals surface area contributed by atoms with E-state index in [9.17, 15) is 9.59 Å². The lowest BCUT2D eigenvalue weighted by molar-refractivity contribution is -0.159. The van der Waals surface area contributed by atoms with Crippen LogP contribution in [0.4, 0.5) is 0 Å². The highest BCUT2D eigenvalue weighted by Gasteiger charge is 2.51. The first-order valence-electron chi connectivity index (χ1n) is 8.10. The fourth-order valence-corrected chi connectivity index (χ4v) is 3.89. The summed E-state index contributed by atoms with van der Waals surface area (Å²) in [5.41, 5.74) is 0.618. The van der Waals surface area contributed by atoms with Gasteiger partial charge in [0.25, 0.3) is 0 Å². The number of fused-ring (bicyclic) bond motifs is 2. The van der Waals surface area contributed by atoms with Gasteiger partial charge in [-0.3, -0.25) is 9.59 Å². The van der Waals surface area contributed by atoms with Crippen molar-refractivity contribution in [3.05, 3.63) is 12.2 Å². The second-order valence-electron chi connectivity index (χ2n) is 7.98. The summed E-state index contributed by atoms with van der Waals surface area (Å²) in [7, 11) is 1.42. The lowest BCUT2D eigenvalue weighted by Crippen LogP contribution is -2.39. The molecule has 4 nitrogen and oxygen atoms in total. The zero-order valence-electron chi connectivity index (χ0n) is 14.2. The average Bonchev–Trinajstić information content (AvgIpc) is 2.71. The van der Waals surface area contributed by atoms with Gasteiger partial charge in [-0.05, 0) is 58.3 Å². The number of allylic oxidation sites excluding steroid dienone is 1. The Morgan fingerprint density at radius 1 is 1.32 bits per heavy atom. The molecule has 0 aliphatic heterocycles. The van der Waals surface area contributed by atoms with E-state index < -0.39 is 5.41 Å². The lowest BCUT2D eigenvalue weighted by Gasteiger charge is -2.40. The molecular weight excluding hydrogens is 280 g/mol. The molecule has 2 fully saturated rings. The Kier molecular flexibility index (Phi) is 4.69. The number of hydrogen-bond acceptors (Lipinski definition) is 4. The lowest BCUT2D eigenvalue weighted by atomic mass is 9.66. The van der Waals surface area contributed by atoms with Crippen LogP contribution in [-0.2, 0) is 19.1 Å². The Hall–Kier alpha value is -1.32. The molecule has 0 aromatic rings. The largest absolute Gasteiger partial charge is 0.469 e. The molecule has 2 saturated carbocycles. The molecular formula is C18H28O4.